The van der Waals surface area contributed by atoms with E-state index >= 15 is 0 Å². The van der Waals surface area contributed by atoms with Crippen molar-refractivity contribution in [2.45, 2.75) is 22.7 Å². The number of aromatic nitrogens is 5. The van der Waals surface area contributed by atoms with Gasteiger partial charge in [-0.1, -0.05) is 47.7 Å². The van der Waals surface area contributed by atoms with E-state index in [2.05, 4.69) is 20.6 Å². The summed E-state index contributed by atoms with van der Waals surface area (Å²) < 4.78 is 28.5. The molecular weight excluding hydrogens is 486 g/mol. The zero-order valence-corrected chi connectivity index (χ0v) is 20.5. The van der Waals surface area contributed by atoms with E-state index < -0.39 is 9.84 Å². The van der Waals surface area contributed by atoms with E-state index in [1.165, 1.54) is 10.9 Å². The number of benzene rings is 2. The molecule has 0 aliphatic heterocycles. The molecule has 0 atom stereocenters. The van der Waals surface area contributed by atoms with Gasteiger partial charge in [0.1, 0.15) is 23.2 Å². The molecular formula is C23H21N7O3S2. The fraction of sp³-hybridized carbons (Fsp3) is 0.174. The standard InChI is InChI=1S/C23H21N7O3S2/c1-16-8-10-19(11-9-16)35(32,33)15-20-27-28-23(29(20)2)34-14-21(31)26-22-17(12-24)13-25-30(22)18-6-4-3-5-7-18/h3-11,13H,14-15H2,1-2H3,(H,26,31). The molecule has 1 N–H and O–H groups in total. The summed E-state index contributed by atoms with van der Waals surface area (Å²) >= 11 is 1.11. The third-order valence-corrected chi connectivity index (χ3v) is 7.75. The van der Waals surface area contributed by atoms with Crippen molar-refractivity contribution in [2.75, 3.05) is 11.1 Å². The Balaban J connectivity index is 1.43. The summed E-state index contributed by atoms with van der Waals surface area (Å²) in [5.41, 5.74) is 1.90. The van der Waals surface area contributed by atoms with E-state index in [1.54, 1.807) is 35.9 Å². The predicted molar refractivity (Wildman–Crippen MR) is 131 cm³/mol. The van der Waals surface area contributed by atoms with Crippen LogP contribution in [0.25, 0.3) is 5.69 Å². The average Bonchev–Trinajstić information content (AvgIpc) is 3.41. The first-order chi connectivity index (χ1) is 16.8. The Kier molecular flexibility index (Phi) is 6.99. The maximum Gasteiger partial charge on any atom is 0.236 e. The number of carbonyl (C=O) groups is 1. The molecule has 178 valence electrons. The first-order valence-electron chi connectivity index (χ1n) is 10.4. The first-order valence-corrected chi connectivity index (χ1v) is 13.1. The Bertz CT molecular complexity index is 1500. The summed E-state index contributed by atoms with van der Waals surface area (Å²) in [7, 11) is -1.94. The van der Waals surface area contributed by atoms with Gasteiger partial charge in [-0.3, -0.25) is 4.79 Å². The average molecular weight is 508 g/mol. The van der Waals surface area contributed by atoms with Crippen LogP contribution in [0.5, 0.6) is 0 Å². The van der Waals surface area contributed by atoms with Crippen LogP contribution in [0.3, 0.4) is 0 Å². The van der Waals surface area contributed by atoms with Crippen molar-refractivity contribution in [3.8, 4) is 11.8 Å². The van der Waals surface area contributed by atoms with Crippen molar-refractivity contribution in [1.82, 2.24) is 24.5 Å². The van der Waals surface area contributed by atoms with Crippen LogP contribution < -0.4 is 5.32 Å². The zero-order valence-electron chi connectivity index (χ0n) is 18.9. The van der Waals surface area contributed by atoms with Crippen LogP contribution in [-0.4, -0.2) is 44.6 Å². The van der Waals surface area contributed by atoms with Crippen LogP contribution in [0.2, 0.25) is 0 Å². The Labute approximate surface area is 206 Å². The summed E-state index contributed by atoms with van der Waals surface area (Å²) in [6.45, 7) is 1.88. The maximum absolute atomic E-state index is 12.7. The van der Waals surface area contributed by atoms with Gasteiger partial charge in [-0.25, -0.2) is 13.1 Å². The number of aryl methyl sites for hydroxylation is 1. The third-order valence-electron chi connectivity index (χ3n) is 5.10. The van der Waals surface area contributed by atoms with E-state index in [9.17, 15) is 18.5 Å². The summed E-state index contributed by atoms with van der Waals surface area (Å²) in [6, 6.07) is 17.8. The van der Waals surface area contributed by atoms with Crippen molar-refractivity contribution >= 4 is 33.3 Å². The molecule has 2 heterocycles. The number of sulfone groups is 1. The van der Waals surface area contributed by atoms with E-state index in [4.69, 9.17) is 0 Å². The summed E-state index contributed by atoms with van der Waals surface area (Å²) in [4.78, 5) is 12.9. The second kappa shape index (κ2) is 10.1. The molecule has 4 rings (SSSR count). The Morgan fingerprint density at radius 3 is 2.51 bits per heavy atom. The van der Waals surface area contributed by atoms with Crippen LogP contribution in [0.1, 0.15) is 17.0 Å². The molecule has 2 aromatic carbocycles. The van der Waals surface area contributed by atoms with E-state index in [0.29, 0.717) is 10.8 Å². The number of nitriles is 1. The molecule has 2 aromatic heterocycles. The summed E-state index contributed by atoms with van der Waals surface area (Å²) in [6.07, 6.45) is 1.39. The molecule has 0 aliphatic carbocycles. The van der Waals surface area contributed by atoms with Gasteiger partial charge in [-0.15, -0.1) is 10.2 Å². The molecule has 0 fully saturated rings. The SMILES string of the molecule is Cc1ccc(S(=O)(=O)Cc2nnc(SCC(=O)Nc3c(C#N)cnn3-c3ccccc3)n2C)cc1. The van der Waals surface area contributed by atoms with Crippen molar-refractivity contribution in [2.24, 2.45) is 7.05 Å². The van der Waals surface area contributed by atoms with E-state index in [0.717, 1.165) is 17.3 Å². The lowest BCUT2D eigenvalue weighted by Crippen LogP contribution is -2.18. The normalized spacial score (nSPS) is 11.2. The smallest absolute Gasteiger partial charge is 0.236 e. The van der Waals surface area contributed by atoms with Gasteiger partial charge in [-0.05, 0) is 31.2 Å². The number of hydrogen-bond donors (Lipinski definition) is 1. The van der Waals surface area contributed by atoms with Crippen molar-refractivity contribution in [1.29, 1.82) is 5.26 Å². The largest absolute Gasteiger partial charge is 0.309 e. The van der Waals surface area contributed by atoms with Gasteiger partial charge >= 0.3 is 0 Å². The number of anilines is 1. The number of carbonyl (C=O) groups excluding carboxylic acids is 1. The second-order valence-corrected chi connectivity index (χ2v) is 10.6. The highest BCUT2D eigenvalue weighted by Crippen LogP contribution is 2.22. The first kappa shape index (κ1) is 24.2. The number of nitrogens with zero attached hydrogens (tertiary/aromatic N) is 6. The van der Waals surface area contributed by atoms with Gasteiger partial charge in [0.2, 0.25) is 5.91 Å². The highest BCUT2D eigenvalue weighted by atomic mass is 32.2. The van der Waals surface area contributed by atoms with Crippen LogP contribution in [0, 0.1) is 18.3 Å². The number of nitrogens with one attached hydrogen (secondary N) is 1. The molecule has 0 bridgehead atoms. The van der Waals surface area contributed by atoms with Crippen LogP contribution in [0.15, 0.2) is 70.8 Å². The Morgan fingerprint density at radius 1 is 1.11 bits per heavy atom. The minimum Gasteiger partial charge on any atom is -0.309 e. The molecule has 0 radical (unpaired) electrons. The lowest BCUT2D eigenvalue weighted by molar-refractivity contribution is -0.113. The molecule has 4 aromatic rings. The molecule has 1 amide bonds. The van der Waals surface area contributed by atoms with Gasteiger partial charge in [0.05, 0.1) is 22.5 Å². The molecule has 12 heteroatoms. The molecule has 0 aliphatic rings. The number of rotatable bonds is 8. The minimum absolute atomic E-state index is 0.0263. The molecule has 0 saturated carbocycles. The topological polar surface area (TPSA) is 136 Å². The van der Waals surface area contributed by atoms with Crippen molar-refractivity contribution in [3.05, 3.63) is 77.7 Å². The molecule has 0 spiro atoms. The number of thioether (sulfide) groups is 1. The molecule has 0 unspecified atom stereocenters. The molecule has 0 saturated heterocycles. The van der Waals surface area contributed by atoms with Crippen LogP contribution in [-0.2, 0) is 27.4 Å². The third kappa shape index (κ3) is 5.42. The lowest BCUT2D eigenvalue weighted by atomic mass is 10.2. The van der Waals surface area contributed by atoms with Crippen molar-refractivity contribution in [3.63, 3.8) is 0 Å². The fourth-order valence-corrected chi connectivity index (χ4v) is 5.25. The second-order valence-electron chi connectivity index (χ2n) is 7.63. The predicted octanol–water partition coefficient (Wildman–Crippen LogP) is 2.89. The maximum atomic E-state index is 12.7. The van der Waals surface area contributed by atoms with Crippen molar-refractivity contribution < 1.29 is 13.2 Å². The highest BCUT2D eigenvalue weighted by molar-refractivity contribution is 7.99. The zero-order chi connectivity index (χ0) is 25.0. The Morgan fingerprint density at radius 2 is 1.83 bits per heavy atom. The number of para-hydroxylation sites is 1. The fourth-order valence-electron chi connectivity index (χ4n) is 3.21. The Hall–Kier alpha value is -3.95. The lowest BCUT2D eigenvalue weighted by Gasteiger charge is -2.09. The van der Waals surface area contributed by atoms with Gasteiger partial charge < -0.3 is 9.88 Å². The summed E-state index contributed by atoms with van der Waals surface area (Å²) in [5, 5.41) is 24.8. The number of hydrogen-bond acceptors (Lipinski definition) is 8. The summed E-state index contributed by atoms with van der Waals surface area (Å²) in [5.74, 6) is -0.175. The number of amides is 1. The quantitative estimate of drug-likeness (QED) is 0.360. The monoisotopic (exact) mass is 507 g/mol. The molecule has 35 heavy (non-hydrogen) atoms. The van der Waals surface area contributed by atoms with Gasteiger partial charge in [0, 0.05) is 7.05 Å². The van der Waals surface area contributed by atoms with Gasteiger partial charge in [-0.2, -0.15) is 10.4 Å². The van der Waals surface area contributed by atoms with Crippen LogP contribution >= 0.6 is 11.8 Å². The van der Waals surface area contributed by atoms with Gasteiger partial charge in [0.15, 0.2) is 20.8 Å². The van der Waals surface area contributed by atoms with Crippen LogP contribution in [0.4, 0.5) is 5.82 Å². The molecule has 10 nitrogen and oxygen atoms in total. The van der Waals surface area contributed by atoms with E-state index in [-0.39, 0.29) is 39.5 Å². The highest BCUT2D eigenvalue weighted by Gasteiger charge is 2.21. The minimum atomic E-state index is -3.60. The van der Waals surface area contributed by atoms with E-state index in [1.807, 2.05) is 43.3 Å². The van der Waals surface area contributed by atoms with Gasteiger partial charge in [0.25, 0.3) is 0 Å².